The van der Waals surface area contributed by atoms with E-state index in [1.165, 1.54) is 0 Å². The van der Waals surface area contributed by atoms with Crippen molar-refractivity contribution in [1.29, 1.82) is 0 Å². The molecule has 1 aliphatic carbocycles. The summed E-state index contributed by atoms with van der Waals surface area (Å²) in [6.07, 6.45) is 7.71. The van der Waals surface area contributed by atoms with E-state index in [2.05, 4.69) is 24.8 Å². The standard InChI is InChI=1S/C20H35NO3S/c1-7-15-24-18(22)20(14-12-16(2)3)13-10-8-9-11-17(20)21-25(23)19(4,5)6/h7,16H,1,8-15H2,2-6H3/b21-17+/t20-,25?/m0/s1. The molecular weight excluding hydrogens is 334 g/mol. The SMILES string of the molecule is C=CCOC(=O)[C@]1(CCC(C)C)CCCCC/C1=N\[S+]([O-])C(C)(C)C. The van der Waals surface area contributed by atoms with E-state index in [9.17, 15) is 9.35 Å². The molecular formula is C20H35NO3S. The number of esters is 1. The number of rotatable bonds is 7. The molecule has 0 radical (unpaired) electrons. The minimum absolute atomic E-state index is 0.206. The minimum Gasteiger partial charge on any atom is -0.591 e. The first-order chi connectivity index (χ1) is 11.6. The Morgan fingerprint density at radius 2 is 2.08 bits per heavy atom. The Hall–Kier alpha value is -0.810. The van der Waals surface area contributed by atoms with E-state index in [1.54, 1.807) is 6.08 Å². The molecule has 0 bridgehead atoms. The van der Waals surface area contributed by atoms with Crippen LogP contribution in [-0.4, -0.2) is 27.6 Å². The van der Waals surface area contributed by atoms with Crippen LogP contribution in [0.1, 0.15) is 79.6 Å². The van der Waals surface area contributed by atoms with Gasteiger partial charge in [-0.05, 0) is 58.8 Å². The van der Waals surface area contributed by atoms with Gasteiger partial charge in [-0.1, -0.05) is 43.7 Å². The van der Waals surface area contributed by atoms with Gasteiger partial charge in [-0.2, -0.15) is 0 Å². The molecule has 0 N–H and O–H groups in total. The van der Waals surface area contributed by atoms with Crippen molar-refractivity contribution in [1.82, 2.24) is 0 Å². The topological polar surface area (TPSA) is 61.7 Å². The van der Waals surface area contributed by atoms with Crippen molar-refractivity contribution in [3.63, 3.8) is 0 Å². The van der Waals surface area contributed by atoms with Gasteiger partial charge in [-0.3, -0.25) is 4.79 Å². The van der Waals surface area contributed by atoms with Crippen LogP contribution < -0.4 is 0 Å². The van der Waals surface area contributed by atoms with Crippen LogP contribution in [0.2, 0.25) is 0 Å². The third-order valence-corrected chi connectivity index (χ3v) is 6.09. The maximum absolute atomic E-state index is 13.0. The Labute approximate surface area is 156 Å². The van der Waals surface area contributed by atoms with Crippen molar-refractivity contribution in [3.8, 4) is 0 Å². The number of hydrogen-bond acceptors (Lipinski definition) is 4. The van der Waals surface area contributed by atoms with Crippen molar-refractivity contribution >= 4 is 23.0 Å². The molecule has 1 fully saturated rings. The zero-order chi connectivity index (χ0) is 19.1. The molecule has 2 atom stereocenters. The molecule has 0 amide bonds. The quantitative estimate of drug-likeness (QED) is 0.274. The zero-order valence-electron chi connectivity index (χ0n) is 16.6. The average molecular weight is 370 g/mol. The van der Waals surface area contributed by atoms with Crippen LogP contribution in [0.25, 0.3) is 0 Å². The molecule has 0 saturated heterocycles. The fourth-order valence-corrected chi connectivity index (χ4v) is 3.79. The normalized spacial score (nSPS) is 24.8. The predicted octanol–water partition coefficient (Wildman–Crippen LogP) is 5.01. The van der Waals surface area contributed by atoms with Crippen LogP contribution in [0.4, 0.5) is 0 Å². The third-order valence-electron chi connectivity index (χ3n) is 4.66. The summed E-state index contributed by atoms with van der Waals surface area (Å²) in [7, 11) is 0. The summed E-state index contributed by atoms with van der Waals surface area (Å²) in [6, 6.07) is 0. The van der Waals surface area contributed by atoms with E-state index in [-0.39, 0.29) is 12.6 Å². The smallest absolute Gasteiger partial charge is 0.318 e. The highest BCUT2D eigenvalue weighted by Gasteiger charge is 2.46. The molecule has 144 valence electrons. The Balaban J connectivity index is 3.29. The Bertz CT molecular complexity index is 482. The maximum Gasteiger partial charge on any atom is 0.318 e. The number of carbonyl (C=O) groups is 1. The number of nitrogens with zero attached hydrogens (tertiary/aromatic N) is 1. The van der Waals surface area contributed by atoms with E-state index in [0.717, 1.165) is 44.2 Å². The monoisotopic (exact) mass is 369 g/mol. The molecule has 0 aromatic heterocycles. The highest BCUT2D eigenvalue weighted by Crippen LogP contribution is 2.40. The highest BCUT2D eigenvalue weighted by atomic mass is 32.2. The molecule has 0 spiro atoms. The van der Waals surface area contributed by atoms with Crippen LogP contribution in [-0.2, 0) is 20.9 Å². The average Bonchev–Trinajstić information content (AvgIpc) is 2.73. The largest absolute Gasteiger partial charge is 0.591 e. The molecule has 1 aliphatic rings. The van der Waals surface area contributed by atoms with E-state index >= 15 is 0 Å². The molecule has 1 rings (SSSR count). The lowest BCUT2D eigenvalue weighted by molar-refractivity contribution is -0.151. The second-order valence-electron chi connectivity index (χ2n) is 8.36. The minimum atomic E-state index is -1.37. The van der Waals surface area contributed by atoms with Gasteiger partial charge in [0, 0.05) is 0 Å². The lowest BCUT2D eigenvalue weighted by Crippen LogP contribution is -2.42. The zero-order valence-corrected chi connectivity index (χ0v) is 17.4. The summed E-state index contributed by atoms with van der Waals surface area (Å²) < 4.78 is 22.3. The Kier molecular flexibility index (Phi) is 8.69. The summed E-state index contributed by atoms with van der Waals surface area (Å²) in [4.78, 5) is 13.0. The van der Waals surface area contributed by atoms with E-state index in [0.29, 0.717) is 12.3 Å². The number of hydrogen-bond donors (Lipinski definition) is 0. The van der Waals surface area contributed by atoms with Gasteiger partial charge in [0.2, 0.25) is 0 Å². The molecule has 0 aliphatic heterocycles. The van der Waals surface area contributed by atoms with Crippen molar-refractivity contribution in [3.05, 3.63) is 12.7 Å². The van der Waals surface area contributed by atoms with Crippen molar-refractivity contribution in [2.24, 2.45) is 15.7 Å². The Morgan fingerprint density at radius 3 is 2.64 bits per heavy atom. The molecule has 25 heavy (non-hydrogen) atoms. The second kappa shape index (κ2) is 9.77. The maximum atomic E-state index is 13.0. The van der Waals surface area contributed by atoms with Gasteiger partial charge in [0.1, 0.15) is 28.1 Å². The summed E-state index contributed by atoms with van der Waals surface area (Å²) in [6.45, 7) is 13.9. The van der Waals surface area contributed by atoms with Gasteiger partial charge in [0.05, 0.1) is 5.71 Å². The number of ether oxygens (including phenoxy) is 1. The lowest BCUT2D eigenvalue weighted by Gasteiger charge is -2.32. The van der Waals surface area contributed by atoms with Gasteiger partial charge in [0.25, 0.3) is 0 Å². The summed E-state index contributed by atoms with van der Waals surface area (Å²) in [5, 5.41) is 0. The third kappa shape index (κ3) is 6.45. The first kappa shape index (κ1) is 22.2. The van der Waals surface area contributed by atoms with Gasteiger partial charge in [-0.25, -0.2) is 0 Å². The van der Waals surface area contributed by atoms with Crippen LogP contribution >= 0.6 is 0 Å². The fourth-order valence-electron chi connectivity index (χ4n) is 3.05. The summed E-state index contributed by atoms with van der Waals surface area (Å²) in [5.74, 6) is 0.265. The molecule has 1 unspecified atom stereocenters. The van der Waals surface area contributed by atoms with E-state index in [1.807, 2.05) is 20.8 Å². The molecule has 1 saturated carbocycles. The molecule has 0 heterocycles. The second-order valence-corrected chi connectivity index (χ2v) is 10.3. The predicted molar refractivity (Wildman–Crippen MR) is 106 cm³/mol. The molecule has 5 heteroatoms. The summed E-state index contributed by atoms with van der Waals surface area (Å²) in [5.41, 5.74) is 0.0537. The lowest BCUT2D eigenvalue weighted by atomic mass is 9.74. The van der Waals surface area contributed by atoms with E-state index in [4.69, 9.17) is 4.74 Å². The first-order valence-corrected chi connectivity index (χ1v) is 10.5. The molecule has 0 aromatic carbocycles. The fraction of sp³-hybridized carbons (Fsp3) is 0.800. The van der Waals surface area contributed by atoms with Crippen LogP contribution in [0.3, 0.4) is 0 Å². The Morgan fingerprint density at radius 1 is 1.40 bits per heavy atom. The van der Waals surface area contributed by atoms with Crippen LogP contribution in [0.5, 0.6) is 0 Å². The van der Waals surface area contributed by atoms with Gasteiger partial charge >= 0.3 is 5.97 Å². The summed E-state index contributed by atoms with van der Waals surface area (Å²) >= 11 is -1.37. The van der Waals surface area contributed by atoms with Gasteiger partial charge < -0.3 is 9.29 Å². The van der Waals surface area contributed by atoms with Crippen molar-refractivity contribution in [2.45, 2.75) is 84.3 Å². The van der Waals surface area contributed by atoms with Crippen LogP contribution in [0, 0.1) is 11.3 Å². The number of carbonyl (C=O) groups excluding carboxylic acids is 1. The molecule has 4 nitrogen and oxygen atoms in total. The van der Waals surface area contributed by atoms with Crippen molar-refractivity contribution in [2.75, 3.05) is 6.61 Å². The van der Waals surface area contributed by atoms with Gasteiger partial charge in [-0.15, -0.1) is 0 Å². The highest BCUT2D eigenvalue weighted by molar-refractivity contribution is 7.91. The molecule has 0 aromatic rings. The first-order valence-electron chi connectivity index (χ1n) is 9.41. The van der Waals surface area contributed by atoms with Gasteiger partial charge in [0.15, 0.2) is 0 Å². The van der Waals surface area contributed by atoms with E-state index < -0.39 is 21.5 Å². The van der Waals surface area contributed by atoms with Crippen molar-refractivity contribution < 1.29 is 14.1 Å². The van der Waals surface area contributed by atoms with Crippen LogP contribution in [0.15, 0.2) is 17.1 Å².